The summed E-state index contributed by atoms with van der Waals surface area (Å²) in [5, 5.41) is 3.28. The van der Waals surface area contributed by atoms with Crippen LogP contribution in [0, 0.1) is 0 Å². The minimum atomic E-state index is 0.105. The second-order valence-corrected chi connectivity index (χ2v) is 4.63. The number of likely N-dealkylation sites (N-methyl/N-ethyl adjacent to an activating group) is 1. The van der Waals surface area contributed by atoms with E-state index in [4.69, 9.17) is 0 Å². The topological polar surface area (TPSA) is 35.6 Å². The van der Waals surface area contributed by atoms with Crippen LogP contribution in [0.4, 0.5) is 0 Å². The van der Waals surface area contributed by atoms with Gasteiger partial charge in [-0.2, -0.15) is 0 Å². The molecule has 0 aliphatic carbocycles. The number of nitrogens with zero attached hydrogens (tertiary/aromatic N) is 2. The number of hydrogen-bond acceptors (Lipinski definition) is 3. The van der Waals surface area contributed by atoms with Crippen LogP contribution in [0.15, 0.2) is 0 Å². The van der Waals surface area contributed by atoms with Gasteiger partial charge in [0.25, 0.3) is 0 Å². The predicted octanol–water partition coefficient (Wildman–Crippen LogP) is -0.0975. The third-order valence-electron chi connectivity index (χ3n) is 3.39. The maximum atomic E-state index is 12.1. The predicted molar refractivity (Wildman–Crippen MR) is 59.7 cm³/mol. The maximum Gasteiger partial charge on any atom is 0.239 e. The minimum absolute atomic E-state index is 0.105. The molecule has 0 aromatic carbocycles. The summed E-state index contributed by atoms with van der Waals surface area (Å²) in [6, 6.07) is 0.105. The molecule has 0 radical (unpaired) electrons. The molecule has 0 bridgehead atoms. The van der Waals surface area contributed by atoms with E-state index >= 15 is 0 Å². The monoisotopic (exact) mass is 211 g/mol. The molecule has 1 N–H and O–H groups in total. The lowest BCUT2D eigenvalue weighted by Crippen LogP contribution is -2.44. The number of carbonyl (C=O) groups excluding carboxylic acids is 1. The van der Waals surface area contributed by atoms with Gasteiger partial charge >= 0.3 is 0 Å². The highest BCUT2D eigenvalue weighted by molar-refractivity contribution is 5.82. The lowest BCUT2D eigenvalue weighted by Gasteiger charge is -2.23. The molecule has 1 atom stereocenters. The van der Waals surface area contributed by atoms with E-state index < -0.39 is 0 Å². The smallest absolute Gasteiger partial charge is 0.239 e. The van der Waals surface area contributed by atoms with Crippen molar-refractivity contribution in [1.29, 1.82) is 0 Å². The molecule has 0 saturated carbocycles. The average molecular weight is 211 g/mol. The van der Waals surface area contributed by atoms with Crippen molar-refractivity contribution >= 4 is 5.91 Å². The molecule has 2 heterocycles. The second kappa shape index (κ2) is 4.94. The van der Waals surface area contributed by atoms with Crippen molar-refractivity contribution in [1.82, 2.24) is 15.1 Å². The summed E-state index contributed by atoms with van der Waals surface area (Å²) in [5.41, 5.74) is 0. The van der Waals surface area contributed by atoms with Crippen LogP contribution in [-0.2, 0) is 4.79 Å². The number of carbonyl (C=O) groups is 1. The van der Waals surface area contributed by atoms with Gasteiger partial charge < -0.3 is 15.1 Å². The van der Waals surface area contributed by atoms with Crippen LogP contribution in [-0.4, -0.2) is 61.5 Å². The first kappa shape index (κ1) is 10.9. The van der Waals surface area contributed by atoms with Crippen molar-refractivity contribution in [3.8, 4) is 0 Å². The Balaban J connectivity index is 1.88. The summed E-state index contributed by atoms with van der Waals surface area (Å²) in [6.07, 6.45) is 3.27. The van der Waals surface area contributed by atoms with Crippen molar-refractivity contribution in [3.05, 3.63) is 0 Å². The van der Waals surface area contributed by atoms with Crippen molar-refractivity contribution in [2.24, 2.45) is 0 Å². The Kier molecular flexibility index (Phi) is 3.59. The molecule has 0 aromatic rings. The van der Waals surface area contributed by atoms with E-state index in [1.165, 1.54) is 0 Å². The molecule has 0 aromatic heterocycles. The van der Waals surface area contributed by atoms with Crippen LogP contribution in [0.2, 0.25) is 0 Å². The lowest BCUT2D eigenvalue weighted by atomic mass is 10.2. The molecular formula is C11H21N3O. The highest BCUT2D eigenvalue weighted by Gasteiger charge is 2.27. The van der Waals surface area contributed by atoms with E-state index in [-0.39, 0.29) is 6.04 Å². The minimum Gasteiger partial charge on any atom is -0.340 e. The van der Waals surface area contributed by atoms with Gasteiger partial charge in [-0.15, -0.1) is 0 Å². The fourth-order valence-electron chi connectivity index (χ4n) is 2.38. The SMILES string of the molecule is CN1CCCN(C(=O)[C@H]2CCCN2)CC1. The van der Waals surface area contributed by atoms with Gasteiger partial charge in [-0.25, -0.2) is 0 Å². The van der Waals surface area contributed by atoms with E-state index in [2.05, 4.69) is 17.3 Å². The Hall–Kier alpha value is -0.610. The molecular weight excluding hydrogens is 190 g/mol. The zero-order valence-corrected chi connectivity index (χ0v) is 9.54. The van der Waals surface area contributed by atoms with Gasteiger partial charge in [0.1, 0.15) is 0 Å². The van der Waals surface area contributed by atoms with E-state index in [9.17, 15) is 4.79 Å². The summed E-state index contributed by atoms with van der Waals surface area (Å²) in [6.45, 7) is 4.96. The number of amides is 1. The Bertz CT molecular complexity index is 226. The number of nitrogens with one attached hydrogen (secondary N) is 1. The highest BCUT2D eigenvalue weighted by atomic mass is 16.2. The summed E-state index contributed by atoms with van der Waals surface area (Å²) in [7, 11) is 2.13. The Labute approximate surface area is 91.6 Å². The first-order valence-electron chi connectivity index (χ1n) is 5.98. The third kappa shape index (κ3) is 2.69. The van der Waals surface area contributed by atoms with E-state index in [1.807, 2.05) is 4.90 Å². The summed E-state index contributed by atoms with van der Waals surface area (Å²) in [4.78, 5) is 16.4. The quantitative estimate of drug-likeness (QED) is 0.658. The van der Waals surface area contributed by atoms with E-state index in [0.29, 0.717) is 5.91 Å². The van der Waals surface area contributed by atoms with Crippen molar-refractivity contribution in [2.75, 3.05) is 39.8 Å². The van der Waals surface area contributed by atoms with Crippen LogP contribution in [0.1, 0.15) is 19.3 Å². The Morgan fingerprint density at radius 1 is 1.20 bits per heavy atom. The van der Waals surface area contributed by atoms with Crippen LogP contribution in [0.5, 0.6) is 0 Å². The zero-order valence-electron chi connectivity index (χ0n) is 9.54. The standard InChI is InChI=1S/C11H21N3O/c1-13-6-3-7-14(9-8-13)11(15)10-4-2-5-12-10/h10,12H,2-9H2,1H3/t10-/m1/s1. The van der Waals surface area contributed by atoms with E-state index in [1.54, 1.807) is 0 Å². The molecule has 15 heavy (non-hydrogen) atoms. The molecule has 4 heteroatoms. The largest absolute Gasteiger partial charge is 0.340 e. The van der Waals surface area contributed by atoms with Gasteiger partial charge in [0.2, 0.25) is 5.91 Å². The molecule has 4 nitrogen and oxygen atoms in total. The van der Waals surface area contributed by atoms with Crippen LogP contribution in [0.25, 0.3) is 0 Å². The maximum absolute atomic E-state index is 12.1. The average Bonchev–Trinajstić information content (AvgIpc) is 2.67. The van der Waals surface area contributed by atoms with Crippen molar-refractivity contribution < 1.29 is 4.79 Å². The summed E-state index contributed by atoms with van der Waals surface area (Å²) < 4.78 is 0. The van der Waals surface area contributed by atoms with Crippen LogP contribution >= 0.6 is 0 Å². The van der Waals surface area contributed by atoms with Crippen molar-refractivity contribution in [3.63, 3.8) is 0 Å². The first-order chi connectivity index (χ1) is 7.27. The molecule has 0 unspecified atom stereocenters. The van der Waals surface area contributed by atoms with Crippen LogP contribution < -0.4 is 5.32 Å². The zero-order chi connectivity index (χ0) is 10.7. The Morgan fingerprint density at radius 3 is 2.80 bits per heavy atom. The molecule has 0 spiro atoms. The van der Waals surface area contributed by atoms with Gasteiger partial charge in [0.15, 0.2) is 0 Å². The first-order valence-corrected chi connectivity index (χ1v) is 5.98. The molecule has 2 saturated heterocycles. The van der Waals surface area contributed by atoms with Gasteiger partial charge in [0.05, 0.1) is 6.04 Å². The second-order valence-electron chi connectivity index (χ2n) is 4.63. The highest BCUT2D eigenvalue weighted by Crippen LogP contribution is 2.10. The normalized spacial score (nSPS) is 29.1. The van der Waals surface area contributed by atoms with Crippen LogP contribution in [0.3, 0.4) is 0 Å². The number of rotatable bonds is 1. The summed E-state index contributed by atoms with van der Waals surface area (Å²) in [5.74, 6) is 0.322. The van der Waals surface area contributed by atoms with Gasteiger partial charge in [-0.1, -0.05) is 0 Å². The summed E-state index contributed by atoms with van der Waals surface area (Å²) >= 11 is 0. The number of hydrogen-bond donors (Lipinski definition) is 1. The molecule has 2 rings (SSSR count). The molecule has 86 valence electrons. The fourth-order valence-corrected chi connectivity index (χ4v) is 2.38. The molecule has 1 amide bonds. The fraction of sp³-hybridized carbons (Fsp3) is 0.909. The van der Waals surface area contributed by atoms with Crippen molar-refractivity contribution in [2.45, 2.75) is 25.3 Å². The molecule has 2 aliphatic heterocycles. The van der Waals surface area contributed by atoms with Gasteiger partial charge in [-0.3, -0.25) is 4.79 Å². The van der Waals surface area contributed by atoms with Gasteiger partial charge in [-0.05, 0) is 39.4 Å². The Morgan fingerprint density at radius 2 is 2.07 bits per heavy atom. The van der Waals surface area contributed by atoms with E-state index in [0.717, 1.165) is 52.0 Å². The molecule has 2 aliphatic rings. The molecule has 2 fully saturated rings. The lowest BCUT2D eigenvalue weighted by molar-refractivity contribution is -0.132. The third-order valence-corrected chi connectivity index (χ3v) is 3.39. The van der Waals surface area contributed by atoms with Gasteiger partial charge in [0, 0.05) is 19.6 Å².